The molecule has 4 aliphatic rings. The van der Waals surface area contributed by atoms with Crippen LogP contribution in [0.3, 0.4) is 0 Å². The number of esters is 1. The number of rotatable bonds is 6. The molecular formula is C29H48O2. The third-order valence-corrected chi connectivity index (χ3v) is 10.5. The van der Waals surface area contributed by atoms with Crippen molar-refractivity contribution in [2.75, 3.05) is 0 Å². The highest BCUT2D eigenvalue weighted by molar-refractivity contribution is 5.66. The van der Waals surface area contributed by atoms with Crippen molar-refractivity contribution in [2.45, 2.75) is 118 Å². The van der Waals surface area contributed by atoms with Crippen LogP contribution in [0.15, 0.2) is 11.6 Å². The fourth-order valence-electron chi connectivity index (χ4n) is 8.83. The molecule has 0 bridgehead atoms. The van der Waals surface area contributed by atoms with Crippen LogP contribution in [0, 0.1) is 46.3 Å². The second-order valence-electron chi connectivity index (χ2n) is 12.8. The van der Waals surface area contributed by atoms with E-state index < -0.39 is 0 Å². The predicted molar refractivity (Wildman–Crippen MR) is 129 cm³/mol. The Morgan fingerprint density at radius 3 is 2.58 bits per heavy atom. The zero-order chi connectivity index (χ0) is 22.4. The average molecular weight is 429 g/mol. The van der Waals surface area contributed by atoms with Gasteiger partial charge in [0.2, 0.25) is 0 Å². The van der Waals surface area contributed by atoms with Gasteiger partial charge in [-0.2, -0.15) is 0 Å². The number of ether oxygens (including phenoxy) is 1. The molecule has 0 radical (unpaired) electrons. The van der Waals surface area contributed by atoms with Gasteiger partial charge in [0, 0.05) is 6.92 Å². The van der Waals surface area contributed by atoms with Crippen LogP contribution < -0.4 is 0 Å². The molecule has 0 aliphatic heterocycles. The van der Waals surface area contributed by atoms with Crippen molar-refractivity contribution >= 4 is 5.97 Å². The standard InChI is InChI=1S/C29H48O2/c1-19(2)8-7-9-20(3)25-12-13-26-24-11-10-22-18-23(31-21(4)30)14-16-28(22,5)27(24)15-17-29(25,26)6/h13,19-20,22-25,27H,7-12,14-18H2,1-6H3/t20-,22?,23+,24+,25+,27+,28+,29-/m1/s1. The maximum absolute atomic E-state index is 11.5. The summed E-state index contributed by atoms with van der Waals surface area (Å²) in [6, 6.07) is 0. The number of hydrogen-bond donors (Lipinski definition) is 0. The lowest BCUT2D eigenvalue weighted by Crippen LogP contribution is -2.52. The molecule has 8 atom stereocenters. The molecule has 0 amide bonds. The lowest BCUT2D eigenvalue weighted by molar-refractivity contribution is -0.155. The molecule has 0 aromatic rings. The van der Waals surface area contributed by atoms with Gasteiger partial charge in [-0.15, -0.1) is 0 Å². The maximum Gasteiger partial charge on any atom is 0.302 e. The van der Waals surface area contributed by atoms with Crippen molar-refractivity contribution < 1.29 is 9.53 Å². The van der Waals surface area contributed by atoms with Crippen LogP contribution in [0.25, 0.3) is 0 Å². The number of hydrogen-bond acceptors (Lipinski definition) is 2. The summed E-state index contributed by atoms with van der Waals surface area (Å²) < 4.78 is 5.64. The zero-order valence-electron chi connectivity index (χ0n) is 21.2. The van der Waals surface area contributed by atoms with Crippen molar-refractivity contribution in [3.8, 4) is 0 Å². The molecular weight excluding hydrogens is 380 g/mol. The largest absolute Gasteiger partial charge is 0.463 e. The summed E-state index contributed by atoms with van der Waals surface area (Å²) in [6.45, 7) is 14.1. The van der Waals surface area contributed by atoms with Gasteiger partial charge >= 0.3 is 5.97 Å². The van der Waals surface area contributed by atoms with E-state index in [9.17, 15) is 4.79 Å². The van der Waals surface area contributed by atoms with Crippen molar-refractivity contribution in [3.05, 3.63) is 11.6 Å². The highest BCUT2D eigenvalue weighted by Gasteiger charge is 2.58. The third kappa shape index (κ3) is 4.26. The molecule has 1 unspecified atom stereocenters. The average Bonchev–Trinajstić information content (AvgIpc) is 3.05. The summed E-state index contributed by atoms with van der Waals surface area (Å²) >= 11 is 0. The maximum atomic E-state index is 11.5. The van der Waals surface area contributed by atoms with Crippen molar-refractivity contribution in [3.63, 3.8) is 0 Å². The fraction of sp³-hybridized carbons (Fsp3) is 0.897. The number of carbonyl (C=O) groups is 1. The van der Waals surface area contributed by atoms with E-state index in [0.717, 1.165) is 48.3 Å². The molecule has 4 aliphatic carbocycles. The molecule has 176 valence electrons. The van der Waals surface area contributed by atoms with Crippen LogP contribution in [0.2, 0.25) is 0 Å². The van der Waals surface area contributed by atoms with Gasteiger partial charge in [0.25, 0.3) is 0 Å². The van der Waals surface area contributed by atoms with Gasteiger partial charge < -0.3 is 4.74 Å². The highest BCUT2D eigenvalue weighted by Crippen LogP contribution is 2.66. The second kappa shape index (κ2) is 8.86. The summed E-state index contributed by atoms with van der Waals surface area (Å²) in [5, 5.41) is 0. The van der Waals surface area contributed by atoms with Crippen LogP contribution in [0.4, 0.5) is 0 Å². The lowest BCUT2D eigenvalue weighted by Gasteiger charge is -2.60. The van der Waals surface area contributed by atoms with Gasteiger partial charge in [0.15, 0.2) is 0 Å². The molecule has 3 saturated carbocycles. The molecule has 4 rings (SSSR count). The first-order valence-electron chi connectivity index (χ1n) is 13.5. The molecule has 0 aromatic heterocycles. The first-order valence-corrected chi connectivity index (χ1v) is 13.5. The van der Waals surface area contributed by atoms with Gasteiger partial charge in [-0.3, -0.25) is 4.79 Å². The van der Waals surface area contributed by atoms with Crippen molar-refractivity contribution in [1.29, 1.82) is 0 Å². The Morgan fingerprint density at radius 2 is 1.87 bits per heavy atom. The van der Waals surface area contributed by atoms with E-state index >= 15 is 0 Å². The quantitative estimate of drug-likeness (QED) is 0.317. The van der Waals surface area contributed by atoms with Gasteiger partial charge in [-0.05, 0) is 97.7 Å². The van der Waals surface area contributed by atoms with Gasteiger partial charge in [0.05, 0.1) is 0 Å². The molecule has 2 heteroatoms. The minimum absolute atomic E-state index is 0.0969. The first kappa shape index (κ1) is 23.4. The monoisotopic (exact) mass is 428 g/mol. The topological polar surface area (TPSA) is 26.3 Å². The Kier molecular flexibility index (Phi) is 6.68. The van der Waals surface area contributed by atoms with Gasteiger partial charge in [0.1, 0.15) is 6.10 Å². The Morgan fingerprint density at radius 1 is 1.10 bits per heavy atom. The molecule has 0 aromatic carbocycles. The third-order valence-electron chi connectivity index (χ3n) is 10.5. The van der Waals surface area contributed by atoms with E-state index in [0.29, 0.717) is 10.8 Å². The van der Waals surface area contributed by atoms with E-state index in [1.807, 2.05) is 5.57 Å². The van der Waals surface area contributed by atoms with E-state index in [1.54, 1.807) is 6.92 Å². The SMILES string of the molecule is CC(=O)O[C@H]1CC[C@@]2(C)C(CC[C@H]3C4=CC[C@@H]([C@H](C)CCCC(C)C)[C@@]4(C)CC[C@@H]32)C1. The molecule has 0 saturated heterocycles. The minimum atomic E-state index is -0.0969. The van der Waals surface area contributed by atoms with Crippen LogP contribution in [0.1, 0.15) is 112 Å². The fourth-order valence-corrected chi connectivity index (χ4v) is 8.83. The molecule has 31 heavy (non-hydrogen) atoms. The molecule has 0 spiro atoms. The summed E-state index contributed by atoms with van der Waals surface area (Å²) in [4.78, 5) is 11.5. The predicted octanol–water partition coefficient (Wildman–Crippen LogP) is 7.96. The smallest absolute Gasteiger partial charge is 0.302 e. The van der Waals surface area contributed by atoms with E-state index in [1.165, 1.54) is 57.8 Å². The highest BCUT2D eigenvalue weighted by atomic mass is 16.5. The lowest BCUT2D eigenvalue weighted by atomic mass is 9.45. The number of allylic oxidation sites excluding steroid dienone is 2. The zero-order valence-corrected chi connectivity index (χ0v) is 21.2. The summed E-state index contributed by atoms with van der Waals surface area (Å²) in [5.41, 5.74) is 2.77. The van der Waals surface area contributed by atoms with E-state index in [4.69, 9.17) is 4.74 Å². The Hall–Kier alpha value is -0.790. The van der Waals surface area contributed by atoms with Crippen molar-refractivity contribution in [1.82, 2.24) is 0 Å². The Labute approximate surface area is 192 Å². The summed E-state index contributed by atoms with van der Waals surface area (Å²) in [7, 11) is 0. The number of carbonyl (C=O) groups excluding carboxylic acids is 1. The van der Waals surface area contributed by atoms with E-state index in [2.05, 4.69) is 40.7 Å². The Bertz CT molecular complexity index is 693. The number of fused-ring (bicyclic) bond motifs is 5. The van der Waals surface area contributed by atoms with Crippen LogP contribution in [-0.2, 0) is 9.53 Å². The molecule has 3 fully saturated rings. The molecule has 0 heterocycles. The van der Waals surface area contributed by atoms with Crippen LogP contribution >= 0.6 is 0 Å². The summed E-state index contributed by atoms with van der Waals surface area (Å²) in [5.74, 6) is 4.85. The summed E-state index contributed by atoms with van der Waals surface area (Å²) in [6.07, 6.45) is 17.3. The van der Waals surface area contributed by atoms with Crippen LogP contribution in [-0.4, -0.2) is 12.1 Å². The van der Waals surface area contributed by atoms with Crippen LogP contribution in [0.5, 0.6) is 0 Å². The Balaban J connectivity index is 1.44. The van der Waals surface area contributed by atoms with Crippen molar-refractivity contribution in [2.24, 2.45) is 46.3 Å². The van der Waals surface area contributed by atoms with E-state index in [-0.39, 0.29) is 12.1 Å². The molecule has 2 nitrogen and oxygen atoms in total. The molecule has 0 N–H and O–H groups in total. The first-order chi connectivity index (χ1) is 14.6. The normalized spacial score (nSPS) is 42.9. The second-order valence-corrected chi connectivity index (χ2v) is 12.8. The minimum Gasteiger partial charge on any atom is -0.463 e. The van der Waals surface area contributed by atoms with Gasteiger partial charge in [-0.1, -0.05) is 65.5 Å². The van der Waals surface area contributed by atoms with Gasteiger partial charge in [-0.25, -0.2) is 0 Å².